The number of nitrogens with zero attached hydrogens (tertiary/aromatic N) is 1. The molecular weight excluding hydrogens is 290 g/mol. The molecule has 1 unspecified atom stereocenters. The Labute approximate surface area is 128 Å². The predicted molar refractivity (Wildman–Crippen MR) is 77.2 cm³/mol. The van der Waals surface area contributed by atoms with Gasteiger partial charge in [-0.2, -0.15) is 0 Å². The third-order valence-electron chi connectivity index (χ3n) is 3.46. The molecule has 1 saturated heterocycles. The summed E-state index contributed by atoms with van der Waals surface area (Å²) in [7, 11) is 1.58. The minimum atomic E-state index is -1.08. The molecule has 7 nitrogen and oxygen atoms in total. The molecule has 120 valence electrons. The lowest BCUT2D eigenvalue weighted by Gasteiger charge is -2.32. The van der Waals surface area contributed by atoms with Gasteiger partial charge in [-0.05, 0) is 30.7 Å². The van der Waals surface area contributed by atoms with Gasteiger partial charge in [0.05, 0.1) is 20.3 Å². The number of rotatable bonds is 5. The summed E-state index contributed by atoms with van der Waals surface area (Å²) in [6.07, 6.45) is 0. The Hall–Kier alpha value is -2.28. The highest BCUT2D eigenvalue weighted by molar-refractivity contribution is 5.84. The van der Waals surface area contributed by atoms with Crippen molar-refractivity contribution in [2.45, 2.75) is 13.0 Å². The second-order valence-corrected chi connectivity index (χ2v) is 4.94. The van der Waals surface area contributed by atoms with Gasteiger partial charge in [0, 0.05) is 6.54 Å². The molecule has 0 bridgehead atoms. The van der Waals surface area contributed by atoms with Crippen LogP contribution in [-0.4, -0.2) is 61.4 Å². The van der Waals surface area contributed by atoms with E-state index >= 15 is 0 Å². The molecule has 0 aromatic heterocycles. The number of carbonyl (C=O) groups is 2. The third kappa shape index (κ3) is 3.67. The summed E-state index contributed by atoms with van der Waals surface area (Å²) in [6.45, 7) is 2.24. The Morgan fingerprint density at radius 2 is 2.23 bits per heavy atom. The lowest BCUT2D eigenvalue weighted by atomic mass is 10.2. The number of morpholine rings is 1. The number of aryl methyl sites for hydroxylation is 1. The molecule has 1 fully saturated rings. The number of carbonyl (C=O) groups excluding carboxylic acids is 1. The molecule has 22 heavy (non-hydrogen) atoms. The molecule has 1 heterocycles. The van der Waals surface area contributed by atoms with Crippen LogP contribution in [0.2, 0.25) is 0 Å². The van der Waals surface area contributed by atoms with Crippen LogP contribution in [0.5, 0.6) is 11.5 Å². The summed E-state index contributed by atoms with van der Waals surface area (Å²) >= 11 is 0. The van der Waals surface area contributed by atoms with E-state index in [2.05, 4.69) is 0 Å². The van der Waals surface area contributed by atoms with Gasteiger partial charge in [0.25, 0.3) is 5.91 Å². The Morgan fingerprint density at radius 3 is 2.86 bits per heavy atom. The number of methoxy groups -OCH3 is 1. The first-order chi connectivity index (χ1) is 10.5. The number of ether oxygens (including phenoxy) is 3. The van der Waals surface area contributed by atoms with Gasteiger partial charge < -0.3 is 24.2 Å². The molecule has 1 aliphatic heterocycles. The molecule has 2 rings (SSSR count). The molecule has 0 radical (unpaired) electrons. The normalized spacial score (nSPS) is 17.9. The highest BCUT2D eigenvalue weighted by Crippen LogP contribution is 2.23. The minimum Gasteiger partial charge on any atom is -0.496 e. The zero-order chi connectivity index (χ0) is 16.1. The van der Waals surface area contributed by atoms with E-state index < -0.39 is 12.0 Å². The van der Waals surface area contributed by atoms with Crippen LogP contribution < -0.4 is 9.47 Å². The lowest BCUT2D eigenvalue weighted by molar-refractivity contribution is -0.159. The van der Waals surface area contributed by atoms with Gasteiger partial charge in [0.15, 0.2) is 12.6 Å². The van der Waals surface area contributed by atoms with Gasteiger partial charge in [-0.1, -0.05) is 0 Å². The SMILES string of the molecule is COc1ccc(OCC(=O)N2CCOCC2C(=O)O)cc1C. The van der Waals surface area contributed by atoms with Crippen molar-refractivity contribution in [2.24, 2.45) is 0 Å². The molecule has 1 aliphatic rings. The van der Waals surface area contributed by atoms with Gasteiger partial charge in [0.1, 0.15) is 11.5 Å². The molecule has 0 aliphatic carbocycles. The van der Waals surface area contributed by atoms with Crippen LogP contribution in [-0.2, 0) is 14.3 Å². The second-order valence-electron chi connectivity index (χ2n) is 4.94. The van der Waals surface area contributed by atoms with Gasteiger partial charge in [-0.25, -0.2) is 4.79 Å². The maximum Gasteiger partial charge on any atom is 0.328 e. The molecule has 1 amide bonds. The summed E-state index contributed by atoms with van der Waals surface area (Å²) < 4.78 is 15.7. The van der Waals surface area contributed by atoms with Crippen molar-refractivity contribution in [1.29, 1.82) is 0 Å². The first-order valence-corrected chi connectivity index (χ1v) is 6.90. The maximum absolute atomic E-state index is 12.2. The van der Waals surface area contributed by atoms with Gasteiger partial charge in [0.2, 0.25) is 0 Å². The number of hydrogen-bond acceptors (Lipinski definition) is 5. The third-order valence-corrected chi connectivity index (χ3v) is 3.46. The summed E-state index contributed by atoms with van der Waals surface area (Å²) in [5.41, 5.74) is 0.891. The van der Waals surface area contributed by atoms with Crippen LogP contribution in [0.4, 0.5) is 0 Å². The fourth-order valence-electron chi connectivity index (χ4n) is 2.28. The van der Waals surface area contributed by atoms with Crippen molar-refractivity contribution < 1.29 is 28.9 Å². The largest absolute Gasteiger partial charge is 0.496 e. The van der Waals surface area contributed by atoms with E-state index in [4.69, 9.17) is 19.3 Å². The van der Waals surface area contributed by atoms with Crippen LogP contribution in [0.15, 0.2) is 18.2 Å². The highest BCUT2D eigenvalue weighted by Gasteiger charge is 2.32. The molecule has 1 aromatic rings. The van der Waals surface area contributed by atoms with E-state index in [-0.39, 0.29) is 25.7 Å². The Kier molecular flexibility index (Phi) is 5.21. The fraction of sp³-hybridized carbons (Fsp3) is 0.467. The lowest BCUT2D eigenvalue weighted by Crippen LogP contribution is -2.53. The van der Waals surface area contributed by atoms with Crippen molar-refractivity contribution >= 4 is 11.9 Å². The van der Waals surface area contributed by atoms with E-state index in [1.54, 1.807) is 25.3 Å². The second kappa shape index (κ2) is 7.13. The van der Waals surface area contributed by atoms with Crippen molar-refractivity contribution in [3.8, 4) is 11.5 Å². The Morgan fingerprint density at radius 1 is 1.45 bits per heavy atom. The smallest absolute Gasteiger partial charge is 0.328 e. The van der Waals surface area contributed by atoms with Crippen molar-refractivity contribution in [3.63, 3.8) is 0 Å². The molecule has 1 aromatic carbocycles. The van der Waals surface area contributed by atoms with Gasteiger partial charge in [-0.15, -0.1) is 0 Å². The summed E-state index contributed by atoms with van der Waals surface area (Å²) in [5, 5.41) is 9.11. The maximum atomic E-state index is 12.2. The molecule has 1 N–H and O–H groups in total. The molecule has 7 heteroatoms. The van der Waals surface area contributed by atoms with Crippen LogP contribution >= 0.6 is 0 Å². The average Bonchev–Trinajstić information content (AvgIpc) is 2.52. The summed E-state index contributed by atoms with van der Waals surface area (Å²) in [4.78, 5) is 24.6. The molecule has 0 spiro atoms. The monoisotopic (exact) mass is 309 g/mol. The predicted octanol–water partition coefficient (Wildman–Crippen LogP) is 0.694. The van der Waals surface area contributed by atoms with Crippen molar-refractivity contribution in [1.82, 2.24) is 4.90 Å². The first-order valence-electron chi connectivity index (χ1n) is 6.90. The van der Waals surface area contributed by atoms with E-state index in [0.29, 0.717) is 12.4 Å². The standard InChI is InChI=1S/C15H19NO6/c1-10-7-11(3-4-13(10)20-2)22-9-14(17)16-5-6-21-8-12(16)15(18)19/h3-4,7,12H,5-6,8-9H2,1-2H3,(H,18,19). The number of amides is 1. The summed E-state index contributed by atoms with van der Waals surface area (Å²) in [5.74, 6) is -0.179. The average molecular weight is 309 g/mol. The number of carboxylic acid groups (broad SMARTS) is 1. The van der Waals surface area contributed by atoms with E-state index in [0.717, 1.165) is 11.3 Å². The molecule has 1 atom stereocenters. The number of carboxylic acids is 1. The molecule has 0 saturated carbocycles. The van der Waals surface area contributed by atoms with Crippen LogP contribution in [0.25, 0.3) is 0 Å². The topological polar surface area (TPSA) is 85.3 Å². The Bertz CT molecular complexity index is 559. The number of aliphatic carboxylic acids is 1. The molecular formula is C15H19NO6. The van der Waals surface area contributed by atoms with E-state index in [1.807, 2.05) is 6.92 Å². The van der Waals surface area contributed by atoms with Crippen LogP contribution in [0.1, 0.15) is 5.56 Å². The Balaban J connectivity index is 1.96. The zero-order valence-electron chi connectivity index (χ0n) is 12.6. The van der Waals surface area contributed by atoms with Crippen LogP contribution in [0, 0.1) is 6.92 Å². The fourth-order valence-corrected chi connectivity index (χ4v) is 2.28. The number of hydrogen-bond donors (Lipinski definition) is 1. The van der Waals surface area contributed by atoms with Gasteiger partial charge in [-0.3, -0.25) is 4.79 Å². The van der Waals surface area contributed by atoms with Crippen LogP contribution in [0.3, 0.4) is 0 Å². The zero-order valence-corrected chi connectivity index (χ0v) is 12.6. The van der Waals surface area contributed by atoms with Gasteiger partial charge >= 0.3 is 5.97 Å². The van der Waals surface area contributed by atoms with Crippen molar-refractivity contribution in [3.05, 3.63) is 23.8 Å². The summed E-state index contributed by atoms with van der Waals surface area (Å²) in [6, 6.07) is 4.26. The minimum absolute atomic E-state index is 0.00270. The van der Waals surface area contributed by atoms with E-state index in [1.165, 1.54) is 4.90 Å². The van der Waals surface area contributed by atoms with E-state index in [9.17, 15) is 9.59 Å². The van der Waals surface area contributed by atoms with Crippen molar-refractivity contribution in [2.75, 3.05) is 33.5 Å². The highest BCUT2D eigenvalue weighted by atomic mass is 16.5. The quantitative estimate of drug-likeness (QED) is 0.861. The number of benzene rings is 1. The first kappa shape index (κ1) is 16.1.